The number of hydrogen-bond acceptors (Lipinski definition) is 5. The summed E-state index contributed by atoms with van der Waals surface area (Å²) >= 11 is 8.51. The van der Waals surface area contributed by atoms with E-state index in [0.717, 1.165) is 10.0 Å². The van der Waals surface area contributed by atoms with E-state index in [-0.39, 0.29) is 10.9 Å². The van der Waals surface area contributed by atoms with Gasteiger partial charge in [0.05, 0.1) is 25.5 Å². The SMILES string of the molecule is COc1ccc(O)c(NC(=S)NC(=O)c2cc(Br)cc(C)c2OC)c1. The fourth-order valence-corrected chi connectivity index (χ4v) is 3.01. The van der Waals surface area contributed by atoms with Crippen molar-refractivity contribution in [3.05, 3.63) is 45.9 Å². The molecule has 0 atom stereocenters. The summed E-state index contributed by atoms with van der Waals surface area (Å²) in [5.41, 5.74) is 1.47. The first-order valence-corrected chi connectivity index (χ1v) is 8.39. The Morgan fingerprint density at radius 3 is 2.56 bits per heavy atom. The van der Waals surface area contributed by atoms with Crippen LogP contribution in [0, 0.1) is 6.92 Å². The predicted octanol–water partition coefficient (Wildman–Crippen LogP) is 3.61. The number of hydrogen-bond donors (Lipinski definition) is 3. The number of anilines is 1. The zero-order valence-electron chi connectivity index (χ0n) is 13.8. The van der Waals surface area contributed by atoms with Gasteiger partial charge in [0.1, 0.15) is 17.2 Å². The molecule has 2 rings (SSSR count). The molecular weight excluding hydrogens is 408 g/mol. The molecule has 0 aliphatic carbocycles. The van der Waals surface area contributed by atoms with Crippen LogP contribution in [-0.4, -0.2) is 30.3 Å². The molecule has 0 aromatic heterocycles. The second kappa shape index (κ2) is 8.17. The van der Waals surface area contributed by atoms with Crippen LogP contribution in [0.1, 0.15) is 15.9 Å². The van der Waals surface area contributed by atoms with E-state index >= 15 is 0 Å². The molecule has 132 valence electrons. The first-order chi connectivity index (χ1) is 11.8. The van der Waals surface area contributed by atoms with Gasteiger partial charge in [-0.1, -0.05) is 15.9 Å². The summed E-state index contributed by atoms with van der Waals surface area (Å²) in [4.78, 5) is 12.5. The van der Waals surface area contributed by atoms with E-state index < -0.39 is 5.91 Å². The Hall–Kier alpha value is -2.32. The number of carbonyl (C=O) groups is 1. The lowest BCUT2D eigenvalue weighted by Gasteiger charge is -2.14. The van der Waals surface area contributed by atoms with Gasteiger partial charge in [-0.25, -0.2) is 0 Å². The minimum Gasteiger partial charge on any atom is -0.506 e. The van der Waals surface area contributed by atoms with Gasteiger partial charge in [0.25, 0.3) is 5.91 Å². The maximum absolute atomic E-state index is 12.5. The molecule has 6 nitrogen and oxygen atoms in total. The Kier molecular flexibility index (Phi) is 6.22. The van der Waals surface area contributed by atoms with Crippen LogP contribution in [0.2, 0.25) is 0 Å². The summed E-state index contributed by atoms with van der Waals surface area (Å²) < 4.78 is 11.1. The van der Waals surface area contributed by atoms with Gasteiger partial charge in [0.15, 0.2) is 5.11 Å². The molecule has 0 saturated heterocycles. The molecule has 0 aliphatic heterocycles. The van der Waals surface area contributed by atoms with E-state index in [1.807, 2.05) is 13.0 Å². The summed E-state index contributed by atoms with van der Waals surface area (Å²) in [5, 5.41) is 15.2. The molecule has 3 N–H and O–H groups in total. The molecule has 0 heterocycles. The lowest BCUT2D eigenvalue weighted by molar-refractivity contribution is 0.0974. The van der Waals surface area contributed by atoms with Crippen molar-refractivity contribution in [1.29, 1.82) is 0 Å². The minimum atomic E-state index is -0.430. The molecule has 0 radical (unpaired) electrons. The van der Waals surface area contributed by atoms with Crippen LogP contribution in [0.3, 0.4) is 0 Å². The van der Waals surface area contributed by atoms with E-state index in [1.165, 1.54) is 20.3 Å². The molecular formula is C17H17BrN2O4S. The number of phenols is 1. The van der Waals surface area contributed by atoms with Crippen LogP contribution in [0.15, 0.2) is 34.8 Å². The third-order valence-corrected chi connectivity index (χ3v) is 4.03. The van der Waals surface area contributed by atoms with Gasteiger partial charge in [-0.3, -0.25) is 10.1 Å². The van der Waals surface area contributed by atoms with Crippen molar-refractivity contribution in [3.8, 4) is 17.2 Å². The molecule has 0 unspecified atom stereocenters. The number of halogens is 1. The number of ether oxygens (including phenoxy) is 2. The number of methoxy groups -OCH3 is 2. The maximum atomic E-state index is 12.5. The van der Waals surface area contributed by atoms with Gasteiger partial charge in [-0.15, -0.1) is 0 Å². The molecule has 0 bridgehead atoms. The van der Waals surface area contributed by atoms with E-state index in [1.54, 1.807) is 18.2 Å². The van der Waals surface area contributed by atoms with Crippen LogP contribution in [0.4, 0.5) is 5.69 Å². The van der Waals surface area contributed by atoms with Crippen LogP contribution in [0.5, 0.6) is 17.2 Å². The second-order valence-corrected chi connectivity index (χ2v) is 6.42. The van der Waals surface area contributed by atoms with Crippen LogP contribution in [0.25, 0.3) is 0 Å². The number of phenolic OH excluding ortho intramolecular Hbond substituents is 1. The lowest BCUT2D eigenvalue weighted by atomic mass is 10.1. The van der Waals surface area contributed by atoms with Crippen LogP contribution in [-0.2, 0) is 0 Å². The van der Waals surface area contributed by atoms with Crippen molar-refractivity contribution in [1.82, 2.24) is 5.32 Å². The highest BCUT2D eigenvalue weighted by Gasteiger charge is 2.17. The number of thiocarbonyl (C=S) groups is 1. The molecule has 0 saturated carbocycles. The van der Waals surface area contributed by atoms with Crippen LogP contribution < -0.4 is 20.1 Å². The van der Waals surface area contributed by atoms with E-state index in [9.17, 15) is 9.90 Å². The highest BCUT2D eigenvalue weighted by Crippen LogP contribution is 2.29. The topological polar surface area (TPSA) is 79.8 Å². The average molecular weight is 425 g/mol. The van der Waals surface area contributed by atoms with Gasteiger partial charge in [-0.2, -0.15) is 0 Å². The molecule has 0 spiro atoms. The monoisotopic (exact) mass is 424 g/mol. The quantitative estimate of drug-likeness (QED) is 0.513. The van der Waals surface area contributed by atoms with Crippen molar-refractivity contribution in [3.63, 3.8) is 0 Å². The summed E-state index contributed by atoms with van der Waals surface area (Å²) in [5.74, 6) is 0.556. The number of aromatic hydroxyl groups is 1. The third kappa shape index (κ3) is 4.61. The van der Waals surface area contributed by atoms with Crippen molar-refractivity contribution < 1.29 is 19.4 Å². The zero-order valence-corrected chi connectivity index (χ0v) is 16.2. The Bertz CT molecular complexity index is 827. The highest BCUT2D eigenvalue weighted by atomic mass is 79.9. The molecule has 2 aromatic carbocycles. The van der Waals surface area contributed by atoms with Crippen molar-refractivity contribution in [2.45, 2.75) is 6.92 Å². The predicted molar refractivity (Wildman–Crippen MR) is 104 cm³/mol. The van der Waals surface area contributed by atoms with Gasteiger partial charge in [0, 0.05) is 10.5 Å². The average Bonchev–Trinajstić information content (AvgIpc) is 2.56. The first-order valence-electron chi connectivity index (χ1n) is 7.19. The Morgan fingerprint density at radius 2 is 1.92 bits per heavy atom. The normalized spacial score (nSPS) is 10.1. The standard InChI is InChI=1S/C17H17BrN2O4S/c1-9-6-10(18)7-12(15(9)24-3)16(22)20-17(25)19-13-8-11(23-2)4-5-14(13)21/h4-8,21H,1-3H3,(H2,19,20,22,25). The largest absolute Gasteiger partial charge is 0.506 e. The minimum absolute atomic E-state index is 0.0201. The van der Waals surface area contributed by atoms with Gasteiger partial charge in [0.2, 0.25) is 0 Å². The van der Waals surface area contributed by atoms with Gasteiger partial charge >= 0.3 is 0 Å². The molecule has 2 aromatic rings. The van der Waals surface area contributed by atoms with Crippen molar-refractivity contribution in [2.75, 3.05) is 19.5 Å². The number of benzene rings is 2. The fourth-order valence-electron chi connectivity index (χ4n) is 2.24. The summed E-state index contributed by atoms with van der Waals surface area (Å²) in [7, 11) is 3.01. The molecule has 0 fully saturated rings. The Morgan fingerprint density at radius 1 is 1.20 bits per heavy atom. The Balaban J connectivity index is 2.17. The fraction of sp³-hybridized carbons (Fsp3) is 0.176. The number of carbonyl (C=O) groups excluding carboxylic acids is 1. The first kappa shape index (κ1) is 19.0. The molecule has 1 amide bonds. The molecule has 25 heavy (non-hydrogen) atoms. The zero-order chi connectivity index (χ0) is 18.6. The second-order valence-electron chi connectivity index (χ2n) is 5.09. The Labute approximate surface area is 159 Å². The molecule has 8 heteroatoms. The molecule has 0 aliphatic rings. The maximum Gasteiger partial charge on any atom is 0.261 e. The van der Waals surface area contributed by atoms with E-state index in [4.69, 9.17) is 21.7 Å². The van der Waals surface area contributed by atoms with Crippen LogP contribution >= 0.6 is 28.1 Å². The number of rotatable bonds is 4. The van der Waals surface area contributed by atoms with Crippen molar-refractivity contribution >= 4 is 44.9 Å². The number of aryl methyl sites for hydroxylation is 1. The number of nitrogens with one attached hydrogen (secondary N) is 2. The highest BCUT2D eigenvalue weighted by molar-refractivity contribution is 9.10. The van der Waals surface area contributed by atoms with E-state index in [0.29, 0.717) is 22.7 Å². The number of amides is 1. The summed E-state index contributed by atoms with van der Waals surface area (Å²) in [6.45, 7) is 1.84. The van der Waals surface area contributed by atoms with E-state index in [2.05, 4.69) is 26.6 Å². The van der Waals surface area contributed by atoms with Gasteiger partial charge < -0.3 is 19.9 Å². The third-order valence-electron chi connectivity index (χ3n) is 3.37. The van der Waals surface area contributed by atoms with Crippen molar-refractivity contribution in [2.24, 2.45) is 0 Å². The van der Waals surface area contributed by atoms with Gasteiger partial charge in [-0.05, 0) is 49.0 Å². The summed E-state index contributed by atoms with van der Waals surface area (Å²) in [6.07, 6.45) is 0. The smallest absolute Gasteiger partial charge is 0.261 e. The lowest BCUT2D eigenvalue weighted by Crippen LogP contribution is -2.34. The summed E-state index contributed by atoms with van der Waals surface area (Å²) in [6, 6.07) is 8.13.